The van der Waals surface area contributed by atoms with Gasteiger partial charge in [-0.05, 0) is 36.4 Å². The highest BCUT2D eigenvalue weighted by Gasteiger charge is 2.27. The van der Waals surface area contributed by atoms with Gasteiger partial charge in [0.2, 0.25) is 0 Å². The minimum absolute atomic E-state index is 0.141. The lowest BCUT2D eigenvalue weighted by Crippen LogP contribution is -2.37. The third-order valence-corrected chi connectivity index (χ3v) is 6.96. The summed E-state index contributed by atoms with van der Waals surface area (Å²) in [5, 5.41) is 3.10. The number of nitrogens with one attached hydrogen (secondary N) is 2. The van der Waals surface area contributed by atoms with Gasteiger partial charge in [0.05, 0.1) is 17.1 Å². The fraction of sp³-hybridized carbons (Fsp3) is 0.192. The van der Waals surface area contributed by atoms with E-state index in [1.165, 1.54) is 36.5 Å². The van der Waals surface area contributed by atoms with Crippen molar-refractivity contribution >= 4 is 34.4 Å². The number of rotatable bonds is 5. The molecule has 1 unspecified atom stereocenters. The lowest BCUT2D eigenvalue weighted by atomic mass is 9.97. The van der Waals surface area contributed by atoms with Gasteiger partial charge >= 0.3 is 0 Å². The normalized spacial score (nSPS) is 14.6. The molecule has 0 aliphatic carbocycles. The van der Waals surface area contributed by atoms with Crippen molar-refractivity contribution in [2.45, 2.75) is 6.04 Å². The Kier molecular flexibility index (Phi) is 6.50. The molecular weight excluding hydrogens is 470 g/mol. The van der Waals surface area contributed by atoms with Crippen molar-refractivity contribution in [1.29, 1.82) is 0 Å². The number of benzene rings is 2. The van der Waals surface area contributed by atoms with Crippen LogP contribution in [0.4, 0.5) is 14.6 Å². The molecule has 178 valence electrons. The predicted molar refractivity (Wildman–Crippen MR) is 134 cm³/mol. The van der Waals surface area contributed by atoms with E-state index in [9.17, 15) is 18.4 Å². The van der Waals surface area contributed by atoms with Crippen LogP contribution in [0.15, 0.2) is 71.8 Å². The third kappa shape index (κ3) is 4.64. The molecule has 1 saturated heterocycles. The van der Waals surface area contributed by atoms with Crippen LogP contribution in [-0.4, -0.2) is 40.5 Å². The summed E-state index contributed by atoms with van der Waals surface area (Å²) in [7, 11) is 0. The molecule has 3 heterocycles. The number of H-pyrrole nitrogens is 1. The SMILES string of the molecule is O=C(NC(c1ccccc1F)c1c[nH]c2cc(F)ccc2c1=O)c1cccnc1N1CCSCC1. The van der Waals surface area contributed by atoms with Gasteiger partial charge in [0.1, 0.15) is 17.5 Å². The first-order valence-corrected chi connectivity index (χ1v) is 12.3. The molecule has 0 saturated carbocycles. The standard InChI is InChI=1S/C26H22F2N4O2S/c27-16-7-8-18-22(14-16)30-15-20(24(18)33)23(17-4-1-2-6-21(17)28)31-26(34)19-5-3-9-29-25(19)32-10-12-35-13-11-32/h1-9,14-15,23H,10-13H2,(H,30,33)(H,31,34). The number of pyridine rings is 2. The molecule has 2 aromatic heterocycles. The highest BCUT2D eigenvalue weighted by atomic mass is 32.2. The molecule has 4 aromatic rings. The molecule has 5 rings (SSSR count). The number of halogens is 2. The monoisotopic (exact) mass is 492 g/mol. The van der Waals surface area contributed by atoms with Gasteiger partial charge in [0.15, 0.2) is 5.43 Å². The van der Waals surface area contributed by atoms with E-state index in [2.05, 4.69) is 20.2 Å². The zero-order chi connectivity index (χ0) is 24.4. The number of amides is 1. The van der Waals surface area contributed by atoms with Crippen molar-refractivity contribution in [3.05, 3.63) is 106 Å². The smallest absolute Gasteiger partial charge is 0.255 e. The highest BCUT2D eigenvalue weighted by Crippen LogP contribution is 2.26. The topological polar surface area (TPSA) is 78.1 Å². The predicted octanol–water partition coefficient (Wildman–Crippen LogP) is 4.27. The van der Waals surface area contributed by atoms with E-state index < -0.39 is 29.0 Å². The van der Waals surface area contributed by atoms with E-state index in [0.717, 1.165) is 24.6 Å². The Morgan fingerprint density at radius 1 is 1.06 bits per heavy atom. The second kappa shape index (κ2) is 9.87. The Hall–Kier alpha value is -3.72. The third-order valence-electron chi connectivity index (χ3n) is 6.02. The van der Waals surface area contributed by atoms with Crippen LogP contribution in [0.1, 0.15) is 27.5 Å². The van der Waals surface area contributed by atoms with Gasteiger partial charge in [-0.1, -0.05) is 18.2 Å². The number of anilines is 1. The van der Waals surface area contributed by atoms with E-state index in [1.54, 1.807) is 30.5 Å². The first-order valence-electron chi connectivity index (χ1n) is 11.2. The Labute approximate surface area is 204 Å². The fourth-order valence-corrected chi connectivity index (χ4v) is 5.17. The Morgan fingerprint density at radius 2 is 1.86 bits per heavy atom. The van der Waals surface area contributed by atoms with Crippen molar-refractivity contribution < 1.29 is 13.6 Å². The summed E-state index contributed by atoms with van der Waals surface area (Å²) in [4.78, 5) is 36.3. The molecule has 0 bridgehead atoms. The fourth-order valence-electron chi connectivity index (χ4n) is 4.27. The maximum atomic E-state index is 14.9. The quantitative estimate of drug-likeness (QED) is 0.435. The lowest BCUT2D eigenvalue weighted by Gasteiger charge is -2.29. The average molecular weight is 493 g/mol. The van der Waals surface area contributed by atoms with Gasteiger partial charge < -0.3 is 15.2 Å². The van der Waals surface area contributed by atoms with E-state index >= 15 is 0 Å². The molecule has 0 radical (unpaired) electrons. The maximum Gasteiger partial charge on any atom is 0.255 e. The number of aromatic amines is 1. The Balaban J connectivity index is 1.58. The van der Waals surface area contributed by atoms with E-state index in [4.69, 9.17) is 0 Å². The first kappa shape index (κ1) is 23.0. The molecule has 2 N–H and O–H groups in total. The minimum atomic E-state index is -1.08. The molecule has 1 aliphatic heterocycles. The van der Waals surface area contributed by atoms with Crippen LogP contribution in [0.3, 0.4) is 0 Å². The molecule has 9 heteroatoms. The van der Waals surface area contributed by atoms with Crippen molar-refractivity contribution in [3.8, 4) is 0 Å². The largest absolute Gasteiger partial charge is 0.360 e. The number of thioether (sulfide) groups is 1. The second-order valence-corrected chi connectivity index (χ2v) is 9.39. The zero-order valence-corrected chi connectivity index (χ0v) is 19.4. The van der Waals surface area contributed by atoms with E-state index in [1.807, 2.05) is 11.8 Å². The van der Waals surface area contributed by atoms with Crippen molar-refractivity contribution in [2.24, 2.45) is 0 Å². The maximum absolute atomic E-state index is 14.9. The number of carbonyl (C=O) groups is 1. The van der Waals surface area contributed by atoms with Gasteiger partial charge in [0.25, 0.3) is 5.91 Å². The summed E-state index contributed by atoms with van der Waals surface area (Å²) in [6.45, 7) is 1.53. The molecule has 35 heavy (non-hydrogen) atoms. The summed E-state index contributed by atoms with van der Waals surface area (Å²) in [5.41, 5.74) is 0.525. The summed E-state index contributed by atoms with van der Waals surface area (Å²) in [6, 6.07) is 12.0. The summed E-state index contributed by atoms with van der Waals surface area (Å²) in [5.74, 6) is 0.903. The summed E-state index contributed by atoms with van der Waals surface area (Å²) >= 11 is 1.84. The molecule has 1 amide bonds. The molecule has 6 nitrogen and oxygen atoms in total. The number of fused-ring (bicyclic) bond motifs is 1. The minimum Gasteiger partial charge on any atom is -0.360 e. The van der Waals surface area contributed by atoms with Gasteiger partial charge in [-0.25, -0.2) is 13.8 Å². The van der Waals surface area contributed by atoms with E-state index in [0.29, 0.717) is 16.9 Å². The Bertz CT molecular complexity index is 1450. The second-order valence-electron chi connectivity index (χ2n) is 8.17. The van der Waals surface area contributed by atoms with Crippen LogP contribution < -0.4 is 15.6 Å². The van der Waals surface area contributed by atoms with Crippen molar-refractivity contribution in [1.82, 2.24) is 15.3 Å². The highest BCUT2D eigenvalue weighted by molar-refractivity contribution is 7.99. The van der Waals surface area contributed by atoms with Crippen LogP contribution in [0.5, 0.6) is 0 Å². The summed E-state index contributed by atoms with van der Waals surface area (Å²) < 4.78 is 28.6. The first-order chi connectivity index (χ1) is 17.0. The van der Waals surface area contributed by atoms with Crippen LogP contribution in [0.2, 0.25) is 0 Å². The van der Waals surface area contributed by atoms with Crippen molar-refractivity contribution in [3.63, 3.8) is 0 Å². The van der Waals surface area contributed by atoms with Crippen molar-refractivity contribution in [2.75, 3.05) is 29.5 Å². The van der Waals surface area contributed by atoms with Crippen LogP contribution >= 0.6 is 11.8 Å². The number of nitrogens with zero attached hydrogens (tertiary/aromatic N) is 2. The number of hydrogen-bond acceptors (Lipinski definition) is 5. The van der Waals surface area contributed by atoms with Gasteiger partial charge in [-0.2, -0.15) is 11.8 Å². The summed E-state index contributed by atoms with van der Waals surface area (Å²) in [6.07, 6.45) is 3.03. The molecular formula is C26H22F2N4O2S. The number of carbonyl (C=O) groups excluding carboxylic acids is 1. The average Bonchev–Trinajstić information content (AvgIpc) is 2.88. The van der Waals surface area contributed by atoms with E-state index in [-0.39, 0.29) is 16.5 Å². The molecule has 0 spiro atoms. The van der Waals surface area contributed by atoms with Gasteiger partial charge in [0, 0.05) is 53.5 Å². The Morgan fingerprint density at radius 3 is 2.66 bits per heavy atom. The van der Waals surface area contributed by atoms with Crippen LogP contribution in [0.25, 0.3) is 10.9 Å². The van der Waals surface area contributed by atoms with Gasteiger partial charge in [-0.15, -0.1) is 0 Å². The molecule has 2 aromatic carbocycles. The molecule has 1 aliphatic rings. The zero-order valence-electron chi connectivity index (χ0n) is 18.6. The molecule has 1 atom stereocenters. The number of hydrogen-bond donors (Lipinski definition) is 2. The van der Waals surface area contributed by atoms with Crippen LogP contribution in [-0.2, 0) is 0 Å². The number of aromatic nitrogens is 2. The lowest BCUT2D eigenvalue weighted by molar-refractivity contribution is 0.0942. The van der Waals surface area contributed by atoms with Crippen LogP contribution in [0, 0.1) is 11.6 Å². The van der Waals surface area contributed by atoms with Gasteiger partial charge in [-0.3, -0.25) is 9.59 Å². The molecule has 1 fully saturated rings.